The quantitative estimate of drug-likeness (QED) is 0.689. The first-order valence-electron chi connectivity index (χ1n) is 9.43. The van der Waals surface area contributed by atoms with E-state index in [0.717, 1.165) is 4.68 Å². The maximum absolute atomic E-state index is 12.9. The summed E-state index contributed by atoms with van der Waals surface area (Å²) in [5.74, 6) is 0.280. The van der Waals surface area contributed by atoms with Gasteiger partial charge in [-0.05, 0) is 25.5 Å². The summed E-state index contributed by atoms with van der Waals surface area (Å²) in [7, 11) is -2.92. The Morgan fingerprint density at radius 3 is 2.57 bits per heavy atom. The molecular formula is C18H23N5O4S. The molecule has 28 heavy (non-hydrogen) atoms. The van der Waals surface area contributed by atoms with Gasteiger partial charge in [-0.3, -0.25) is 14.5 Å². The Kier molecular flexibility index (Phi) is 4.92. The lowest BCUT2D eigenvalue weighted by atomic mass is 10.1. The van der Waals surface area contributed by atoms with Gasteiger partial charge >= 0.3 is 0 Å². The second-order valence-electron chi connectivity index (χ2n) is 7.45. The molecule has 3 heterocycles. The number of amides is 1. The maximum Gasteiger partial charge on any atom is 0.278 e. The molecular weight excluding hydrogens is 382 g/mol. The van der Waals surface area contributed by atoms with Crippen molar-refractivity contribution in [3.8, 4) is 0 Å². The molecule has 2 aromatic rings. The summed E-state index contributed by atoms with van der Waals surface area (Å²) in [6.07, 6.45) is 0.661. The second kappa shape index (κ2) is 7.25. The van der Waals surface area contributed by atoms with Gasteiger partial charge in [0.25, 0.3) is 5.56 Å². The van der Waals surface area contributed by atoms with Crippen molar-refractivity contribution in [3.63, 3.8) is 0 Å². The number of fused-ring (bicyclic) bond motifs is 1. The van der Waals surface area contributed by atoms with E-state index in [0.29, 0.717) is 43.5 Å². The number of rotatable bonds is 3. The second-order valence-corrected chi connectivity index (χ2v) is 9.68. The normalized spacial score (nSPS) is 23.8. The molecule has 0 bridgehead atoms. The van der Waals surface area contributed by atoms with Crippen LogP contribution in [0.1, 0.15) is 19.4 Å². The van der Waals surface area contributed by atoms with Crippen molar-refractivity contribution in [2.24, 2.45) is 0 Å². The minimum Gasteiger partial charge on any atom is -0.338 e. The average molecular weight is 405 g/mol. The number of carbonyl (C=O) groups is 1. The van der Waals surface area contributed by atoms with E-state index in [1.54, 1.807) is 36.1 Å². The van der Waals surface area contributed by atoms with Crippen molar-refractivity contribution in [3.05, 3.63) is 34.6 Å². The first kappa shape index (κ1) is 19.0. The summed E-state index contributed by atoms with van der Waals surface area (Å²) in [4.78, 5) is 29.4. The Balaban J connectivity index is 1.44. The van der Waals surface area contributed by atoms with Crippen LogP contribution in [0.25, 0.3) is 10.9 Å². The summed E-state index contributed by atoms with van der Waals surface area (Å²) in [6, 6.07) is 6.23. The van der Waals surface area contributed by atoms with Gasteiger partial charge in [-0.25, -0.2) is 8.42 Å². The van der Waals surface area contributed by atoms with E-state index in [4.69, 9.17) is 0 Å². The molecule has 1 amide bonds. The van der Waals surface area contributed by atoms with Crippen molar-refractivity contribution in [1.82, 2.24) is 24.8 Å². The number of aromatic nitrogens is 3. The summed E-state index contributed by atoms with van der Waals surface area (Å²) >= 11 is 0. The van der Waals surface area contributed by atoms with Gasteiger partial charge in [-0.15, -0.1) is 5.10 Å². The predicted molar refractivity (Wildman–Crippen MR) is 104 cm³/mol. The van der Waals surface area contributed by atoms with Crippen LogP contribution >= 0.6 is 0 Å². The lowest BCUT2D eigenvalue weighted by Gasteiger charge is -2.38. The third-order valence-corrected chi connectivity index (χ3v) is 7.42. The van der Waals surface area contributed by atoms with Gasteiger partial charge in [0.1, 0.15) is 11.6 Å². The van der Waals surface area contributed by atoms with Gasteiger partial charge < -0.3 is 4.90 Å². The highest BCUT2D eigenvalue weighted by molar-refractivity contribution is 7.91. The van der Waals surface area contributed by atoms with E-state index in [9.17, 15) is 18.0 Å². The molecule has 1 aromatic heterocycles. The molecule has 4 rings (SSSR count). The Labute approximate surface area is 162 Å². The number of piperazine rings is 1. The predicted octanol–water partition coefficient (Wildman–Crippen LogP) is -0.316. The molecule has 2 aliphatic rings. The minimum atomic E-state index is -2.92. The van der Waals surface area contributed by atoms with Crippen molar-refractivity contribution >= 4 is 26.6 Å². The number of sulfone groups is 1. The fourth-order valence-corrected chi connectivity index (χ4v) is 5.76. The number of hydrogen-bond donors (Lipinski definition) is 0. The average Bonchev–Trinajstić information content (AvgIpc) is 3.07. The molecule has 0 unspecified atom stereocenters. The molecule has 9 nitrogen and oxygen atoms in total. The SMILES string of the molecule is C[C@H](C(=O)N1CCN([C@@H]2CCS(=O)(=O)C2)CC1)n1nnc2ccccc2c1=O. The monoisotopic (exact) mass is 405 g/mol. The van der Waals surface area contributed by atoms with Gasteiger partial charge in [-0.2, -0.15) is 4.68 Å². The highest BCUT2D eigenvalue weighted by Gasteiger charge is 2.35. The topological polar surface area (TPSA) is 105 Å². The van der Waals surface area contributed by atoms with Crippen molar-refractivity contribution in [2.45, 2.75) is 25.4 Å². The van der Waals surface area contributed by atoms with Gasteiger partial charge in [0, 0.05) is 32.2 Å². The van der Waals surface area contributed by atoms with E-state index in [2.05, 4.69) is 15.2 Å². The number of benzene rings is 1. The van der Waals surface area contributed by atoms with Crippen LogP contribution in [0.5, 0.6) is 0 Å². The van der Waals surface area contributed by atoms with E-state index in [-0.39, 0.29) is 29.0 Å². The fourth-order valence-electron chi connectivity index (χ4n) is 4.00. The van der Waals surface area contributed by atoms with Gasteiger partial charge in [0.2, 0.25) is 5.91 Å². The Hall–Kier alpha value is -2.33. The number of hydrogen-bond acceptors (Lipinski definition) is 7. The van der Waals surface area contributed by atoms with Gasteiger partial charge in [0.15, 0.2) is 9.84 Å². The zero-order valence-corrected chi connectivity index (χ0v) is 16.5. The largest absolute Gasteiger partial charge is 0.338 e. The molecule has 2 aliphatic heterocycles. The lowest BCUT2D eigenvalue weighted by Crippen LogP contribution is -2.53. The highest BCUT2D eigenvalue weighted by Crippen LogP contribution is 2.20. The van der Waals surface area contributed by atoms with Gasteiger partial charge in [0.05, 0.1) is 16.9 Å². The van der Waals surface area contributed by atoms with Gasteiger partial charge in [-0.1, -0.05) is 17.3 Å². The lowest BCUT2D eigenvalue weighted by molar-refractivity contribution is -0.136. The van der Waals surface area contributed by atoms with Crippen LogP contribution in [0.4, 0.5) is 0 Å². The first-order chi connectivity index (χ1) is 13.4. The zero-order chi connectivity index (χ0) is 19.9. The fraction of sp³-hybridized carbons (Fsp3) is 0.556. The summed E-state index contributed by atoms with van der Waals surface area (Å²) < 4.78 is 24.5. The van der Waals surface area contributed by atoms with Crippen molar-refractivity contribution < 1.29 is 13.2 Å². The Morgan fingerprint density at radius 1 is 1.18 bits per heavy atom. The minimum absolute atomic E-state index is 0.0497. The first-order valence-corrected chi connectivity index (χ1v) is 11.3. The van der Waals surface area contributed by atoms with Crippen molar-refractivity contribution in [1.29, 1.82) is 0 Å². The Bertz CT molecular complexity index is 1060. The molecule has 150 valence electrons. The molecule has 0 saturated carbocycles. The molecule has 0 aliphatic carbocycles. The number of nitrogens with zero attached hydrogens (tertiary/aromatic N) is 5. The summed E-state index contributed by atoms with van der Waals surface area (Å²) in [6.45, 7) is 3.95. The van der Waals surface area contributed by atoms with Crippen LogP contribution in [-0.2, 0) is 14.6 Å². The maximum atomic E-state index is 12.9. The van der Waals surface area contributed by atoms with E-state index < -0.39 is 15.9 Å². The van der Waals surface area contributed by atoms with E-state index in [1.807, 2.05) is 0 Å². The molecule has 1 aromatic carbocycles. The highest BCUT2D eigenvalue weighted by atomic mass is 32.2. The zero-order valence-electron chi connectivity index (χ0n) is 15.7. The molecule has 2 saturated heterocycles. The molecule has 10 heteroatoms. The van der Waals surface area contributed by atoms with Crippen LogP contribution in [0, 0.1) is 0 Å². The summed E-state index contributed by atoms with van der Waals surface area (Å²) in [5.41, 5.74) is 0.171. The summed E-state index contributed by atoms with van der Waals surface area (Å²) in [5, 5.41) is 8.43. The number of carbonyl (C=O) groups excluding carboxylic acids is 1. The van der Waals surface area contributed by atoms with Crippen LogP contribution in [0.15, 0.2) is 29.1 Å². The smallest absolute Gasteiger partial charge is 0.278 e. The van der Waals surface area contributed by atoms with E-state index >= 15 is 0 Å². The third kappa shape index (κ3) is 3.53. The molecule has 2 atom stereocenters. The molecule has 0 radical (unpaired) electrons. The van der Waals surface area contributed by atoms with Crippen LogP contribution in [0.3, 0.4) is 0 Å². The van der Waals surface area contributed by atoms with Crippen LogP contribution in [-0.4, -0.2) is 82.8 Å². The molecule has 0 N–H and O–H groups in total. The third-order valence-electron chi connectivity index (χ3n) is 5.67. The Morgan fingerprint density at radius 2 is 1.89 bits per heavy atom. The molecule has 2 fully saturated rings. The molecule has 0 spiro atoms. The van der Waals surface area contributed by atoms with Crippen LogP contribution < -0.4 is 5.56 Å². The van der Waals surface area contributed by atoms with Crippen molar-refractivity contribution in [2.75, 3.05) is 37.7 Å². The van der Waals surface area contributed by atoms with E-state index in [1.165, 1.54) is 0 Å². The van der Waals surface area contributed by atoms with Crippen LogP contribution in [0.2, 0.25) is 0 Å². The standard InChI is InChI=1S/C18H23N5O4S/c1-13(23-18(25)15-4-2-3-5-16(15)19-20-23)17(24)22-9-7-21(8-10-22)14-6-11-28(26,27)12-14/h2-5,13-14H,6-12H2,1H3/t13-,14-/m1/s1.